The van der Waals surface area contributed by atoms with Gasteiger partial charge in [-0.05, 0) is 116 Å². The van der Waals surface area contributed by atoms with Crippen LogP contribution in [0, 0.1) is 0 Å². The SMILES string of the molecule is C[C@H](NC(=O)CNC(=O)[C@@H](NC(=O)[C@H](Cc1ccccc1)NC(=O)CNC(=O)COC[C@@H](N)Cc1ccccc1)[C@@H](C)O)C(=O)N[C@@H](CCCN=C(N)N)C(=O)N[C@@H](CCCCN)C(=O)N[C@@H](CO)C(=O)N[C@@H](C)C(=O)N[C@@H](CCCN=C(N)N)C(=O)N[C@@H](CCCCN)C(N)=O. The van der Waals surface area contributed by atoms with E-state index in [0.29, 0.717) is 37.8 Å². The molecule has 0 saturated heterocycles. The number of aliphatic hydroxyl groups is 2. The molecule has 0 saturated carbocycles. The molecule has 0 spiro atoms. The van der Waals surface area contributed by atoms with E-state index >= 15 is 0 Å². The van der Waals surface area contributed by atoms with Gasteiger partial charge in [0.15, 0.2) is 11.9 Å². The van der Waals surface area contributed by atoms with Gasteiger partial charge in [-0.1, -0.05) is 60.7 Å². The van der Waals surface area contributed by atoms with Crippen molar-refractivity contribution in [2.24, 2.45) is 55.9 Å². The van der Waals surface area contributed by atoms with Crippen LogP contribution < -0.4 is 104 Å². The number of rotatable bonds is 48. The molecule has 0 fully saturated rings. The number of carbonyl (C=O) groups is 12. The average molecular weight is 1370 g/mol. The molecule has 0 unspecified atom stereocenters. The van der Waals surface area contributed by atoms with Crippen LogP contribution in [0.4, 0.5) is 0 Å². The summed E-state index contributed by atoms with van der Waals surface area (Å²) in [6.07, 6.45) is 0.650. The first kappa shape index (κ1) is 83.5. The Morgan fingerprint density at radius 2 is 0.866 bits per heavy atom. The van der Waals surface area contributed by atoms with Crippen molar-refractivity contribution in [3.8, 4) is 0 Å². The Hall–Kier alpha value is -9.62. The number of aliphatic imine (C=N–C) groups is 2. The van der Waals surface area contributed by atoms with E-state index in [2.05, 4.69) is 68.5 Å². The van der Waals surface area contributed by atoms with E-state index in [1.807, 2.05) is 30.3 Å². The monoisotopic (exact) mass is 1370 g/mol. The zero-order chi connectivity index (χ0) is 72.4. The number of carbonyl (C=O) groups excluding carboxylic acids is 12. The maximum absolute atomic E-state index is 14.1. The topological polar surface area (TPSA) is 620 Å². The molecule has 0 radical (unpaired) electrons. The van der Waals surface area contributed by atoms with Gasteiger partial charge in [-0.3, -0.25) is 67.5 Å². The molecule has 0 bridgehead atoms. The Morgan fingerprint density at radius 3 is 1.34 bits per heavy atom. The lowest BCUT2D eigenvalue weighted by atomic mass is 10.0. The molecule has 2 rings (SSSR count). The Bertz CT molecular complexity index is 2900. The molecule has 0 heterocycles. The first-order chi connectivity index (χ1) is 46.1. The average Bonchev–Trinajstić information content (AvgIpc) is 1.06. The number of ether oxygens (including phenoxy) is 1. The molecule has 0 aliphatic carbocycles. The van der Waals surface area contributed by atoms with Crippen LogP contribution >= 0.6 is 0 Å². The third-order valence-corrected chi connectivity index (χ3v) is 14.5. The van der Waals surface area contributed by atoms with Crippen molar-refractivity contribution in [1.29, 1.82) is 0 Å². The molecule has 36 heteroatoms. The molecular weight excluding hydrogens is 1270 g/mol. The maximum atomic E-state index is 14.1. The second-order valence-electron chi connectivity index (χ2n) is 22.9. The smallest absolute Gasteiger partial charge is 0.246 e. The number of aliphatic hydroxyl groups excluding tert-OH is 2. The predicted molar refractivity (Wildman–Crippen MR) is 357 cm³/mol. The first-order valence-corrected chi connectivity index (χ1v) is 31.8. The molecule has 12 amide bonds. The summed E-state index contributed by atoms with van der Waals surface area (Å²) >= 11 is 0. The number of hydrogen-bond donors (Lipinski definition) is 21. The number of amides is 12. The molecule has 2 aromatic rings. The van der Waals surface area contributed by atoms with Crippen molar-refractivity contribution in [2.75, 3.05) is 59.1 Å². The fraction of sp³-hybridized carbons (Fsp3) is 0.574. The van der Waals surface area contributed by atoms with Crippen LogP contribution in [0.15, 0.2) is 70.6 Å². The van der Waals surface area contributed by atoms with Crippen LogP contribution in [0.3, 0.4) is 0 Å². The van der Waals surface area contributed by atoms with Crippen molar-refractivity contribution in [1.82, 2.24) is 58.5 Å². The van der Waals surface area contributed by atoms with Crippen LogP contribution in [0.1, 0.15) is 96.1 Å². The summed E-state index contributed by atoms with van der Waals surface area (Å²) in [5.74, 6) is -11.2. The van der Waals surface area contributed by atoms with E-state index in [9.17, 15) is 67.7 Å². The standard InChI is InChI=1S/C61H101N21O15/c1-35(74-47(85)31-73-59(96)50(37(3)84)82-57(94)45(29-39-18-8-5-9-19-39)76-48(86)30-72-49(87)34-97-33-40(64)28-38-16-6-4-7-17-38)52(89)78-44(23-15-27-71-61(68)69)55(92)80-42(21-11-13-25-63)56(93)81-46(32-83)58(95)75-36(2)53(90)79-43(22-14-26-70-60(66)67)54(91)77-41(51(65)88)20-10-12-24-62/h4-9,16-19,35-37,40-46,50,83-84H,10-15,20-34,62-64H2,1-3H3,(H2,65,88)(H,72,87)(H,73,96)(H,74,85)(H,75,95)(H,76,86)(H,77,91)(H,78,89)(H,79,90)(H,80,92)(H,81,93)(H,82,94)(H4,66,67,70)(H4,68,69,71)/t35-,36-,37+,40-,41-,42-,43-,44-,45-,46-,50-/m0/s1. The Balaban J connectivity index is 2.17. The van der Waals surface area contributed by atoms with Gasteiger partial charge in [-0.2, -0.15) is 0 Å². The first-order valence-electron chi connectivity index (χ1n) is 31.8. The largest absolute Gasteiger partial charge is 0.394 e. The van der Waals surface area contributed by atoms with Crippen molar-refractivity contribution in [3.63, 3.8) is 0 Å². The van der Waals surface area contributed by atoms with Crippen LogP contribution in [-0.2, 0) is 75.1 Å². The lowest BCUT2D eigenvalue weighted by Gasteiger charge is -2.26. The van der Waals surface area contributed by atoms with Gasteiger partial charge in [-0.15, -0.1) is 0 Å². The molecule has 0 aliphatic rings. The summed E-state index contributed by atoms with van der Waals surface area (Å²) in [5.41, 5.74) is 46.3. The summed E-state index contributed by atoms with van der Waals surface area (Å²) in [4.78, 5) is 169. The second-order valence-corrected chi connectivity index (χ2v) is 22.9. The Kier molecular flexibility index (Phi) is 40.0. The van der Waals surface area contributed by atoms with Gasteiger partial charge in [0.1, 0.15) is 61.0 Å². The number of hydrogen-bond acceptors (Lipinski definition) is 20. The minimum absolute atomic E-state index is 0.0177. The molecule has 36 nitrogen and oxygen atoms in total. The zero-order valence-electron chi connectivity index (χ0n) is 55.2. The summed E-state index contributed by atoms with van der Waals surface area (Å²) in [5, 5.41) is 47.9. The molecule has 0 aliphatic heterocycles. The van der Waals surface area contributed by atoms with Crippen LogP contribution in [0.5, 0.6) is 0 Å². The molecule has 29 N–H and O–H groups in total. The van der Waals surface area contributed by atoms with E-state index in [-0.39, 0.29) is 89.5 Å². The minimum atomic E-state index is -1.72. The fourth-order valence-electron chi connectivity index (χ4n) is 9.18. The molecule has 0 aromatic heterocycles. The van der Waals surface area contributed by atoms with E-state index in [4.69, 9.17) is 50.6 Å². The molecule has 97 heavy (non-hydrogen) atoms. The van der Waals surface area contributed by atoms with Gasteiger partial charge >= 0.3 is 0 Å². The molecule has 2 aromatic carbocycles. The quantitative estimate of drug-likeness (QED) is 0.0166. The molecular formula is C61H101N21O15. The number of primary amides is 1. The van der Waals surface area contributed by atoms with Crippen LogP contribution in [-0.4, -0.2) is 219 Å². The maximum Gasteiger partial charge on any atom is 0.246 e. The summed E-state index contributed by atoms with van der Waals surface area (Å²) in [6.45, 7) is 1.54. The number of unbranched alkanes of at least 4 members (excludes halogenated alkanes) is 2. The van der Waals surface area contributed by atoms with Gasteiger partial charge in [-0.25, -0.2) is 0 Å². The number of nitrogens with one attached hydrogen (secondary N) is 11. The third-order valence-electron chi connectivity index (χ3n) is 14.5. The normalized spacial score (nSPS) is 14.3. The molecule has 11 atom stereocenters. The van der Waals surface area contributed by atoms with Crippen molar-refractivity contribution in [2.45, 2.75) is 164 Å². The highest BCUT2D eigenvalue weighted by molar-refractivity contribution is 5.98. The van der Waals surface area contributed by atoms with Gasteiger partial charge in [0.2, 0.25) is 70.9 Å². The molecule has 540 valence electrons. The Morgan fingerprint density at radius 1 is 0.454 bits per heavy atom. The number of nitrogens with two attached hydrogens (primary N) is 8. The lowest BCUT2D eigenvalue weighted by Crippen LogP contribution is -2.60. The van der Waals surface area contributed by atoms with Crippen LogP contribution in [0.25, 0.3) is 0 Å². The highest BCUT2D eigenvalue weighted by Gasteiger charge is 2.34. The van der Waals surface area contributed by atoms with E-state index in [1.165, 1.54) is 20.8 Å². The summed E-state index contributed by atoms with van der Waals surface area (Å²) in [6, 6.07) is 4.68. The highest BCUT2D eigenvalue weighted by atomic mass is 16.5. The third kappa shape index (κ3) is 35.1. The van der Waals surface area contributed by atoms with Gasteiger partial charge in [0.05, 0.1) is 32.4 Å². The van der Waals surface area contributed by atoms with Crippen molar-refractivity contribution in [3.05, 3.63) is 71.8 Å². The van der Waals surface area contributed by atoms with E-state index in [0.717, 1.165) is 5.56 Å². The van der Waals surface area contributed by atoms with Gasteiger partial charge < -0.3 is 119 Å². The fourth-order valence-corrected chi connectivity index (χ4v) is 9.18. The minimum Gasteiger partial charge on any atom is -0.394 e. The van der Waals surface area contributed by atoms with Gasteiger partial charge in [0, 0.05) is 25.6 Å². The highest BCUT2D eigenvalue weighted by Crippen LogP contribution is 2.10. The predicted octanol–water partition coefficient (Wildman–Crippen LogP) is -8.33. The summed E-state index contributed by atoms with van der Waals surface area (Å²) in [7, 11) is 0. The van der Waals surface area contributed by atoms with E-state index < -0.39 is 164 Å². The van der Waals surface area contributed by atoms with Crippen molar-refractivity contribution >= 4 is 82.8 Å². The van der Waals surface area contributed by atoms with Crippen molar-refractivity contribution < 1.29 is 72.5 Å². The van der Waals surface area contributed by atoms with E-state index in [1.54, 1.807) is 30.3 Å². The van der Waals surface area contributed by atoms with Gasteiger partial charge in [0.25, 0.3) is 0 Å². The summed E-state index contributed by atoms with van der Waals surface area (Å²) < 4.78 is 5.43. The second kappa shape index (κ2) is 46.5. The zero-order valence-corrected chi connectivity index (χ0v) is 55.2. The number of benzene rings is 2. The van der Waals surface area contributed by atoms with Crippen LogP contribution in [0.2, 0.25) is 0 Å². The number of nitrogens with zero attached hydrogens (tertiary/aromatic N) is 2. The number of guanidine groups is 2. The lowest BCUT2D eigenvalue weighted by molar-refractivity contribution is -0.136. The Labute approximate surface area is 563 Å².